The molecule has 0 saturated heterocycles. The van der Waals surface area contributed by atoms with E-state index in [0.717, 1.165) is 0 Å². The van der Waals surface area contributed by atoms with Crippen LogP contribution in [0.5, 0.6) is 11.5 Å². The van der Waals surface area contributed by atoms with Gasteiger partial charge < -0.3 is 20.4 Å². The minimum absolute atomic E-state index is 0.0334. The van der Waals surface area contributed by atoms with Crippen LogP contribution in [0.4, 0.5) is 4.39 Å². The van der Waals surface area contributed by atoms with Gasteiger partial charge in [0.2, 0.25) is 0 Å². The molecule has 0 aliphatic carbocycles. The highest BCUT2D eigenvalue weighted by molar-refractivity contribution is 5.97. The number of amidine groups is 1. The lowest BCUT2D eigenvalue weighted by Crippen LogP contribution is -2.13. The first kappa shape index (κ1) is 14.6. The Morgan fingerprint density at radius 2 is 2.00 bits per heavy atom. The topological polar surface area (TPSA) is 77.1 Å². The number of halogens is 1. The second-order valence-electron chi connectivity index (χ2n) is 4.23. The molecule has 0 fully saturated rings. The Labute approximate surface area is 121 Å². The number of nitrogens with zero attached hydrogens (tertiary/aromatic N) is 1. The van der Waals surface area contributed by atoms with Crippen molar-refractivity contribution in [3.63, 3.8) is 0 Å². The second-order valence-corrected chi connectivity index (χ2v) is 4.23. The van der Waals surface area contributed by atoms with Crippen LogP contribution >= 0.6 is 0 Å². The summed E-state index contributed by atoms with van der Waals surface area (Å²) in [5, 5.41) is 11.6. The Morgan fingerprint density at radius 3 is 2.67 bits per heavy atom. The van der Waals surface area contributed by atoms with E-state index in [4.69, 9.17) is 20.4 Å². The number of nitrogens with two attached hydrogens (primary N) is 1. The SMILES string of the molecule is COc1cc(/C(N)=N/O)ccc1OCc1ccccc1F. The van der Waals surface area contributed by atoms with E-state index in [1.807, 2.05) is 0 Å². The van der Waals surface area contributed by atoms with Crippen molar-refractivity contribution in [2.24, 2.45) is 10.9 Å². The van der Waals surface area contributed by atoms with E-state index in [0.29, 0.717) is 22.6 Å². The standard InChI is InChI=1S/C15H15FN2O3/c1-20-14-8-10(15(17)18-19)6-7-13(14)21-9-11-4-2-3-5-12(11)16/h2-8,19H,9H2,1H3,(H2,17,18). The number of methoxy groups -OCH3 is 1. The first-order chi connectivity index (χ1) is 10.2. The van der Waals surface area contributed by atoms with Crippen molar-refractivity contribution in [3.8, 4) is 11.5 Å². The zero-order chi connectivity index (χ0) is 15.2. The molecule has 0 aromatic heterocycles. The molecular formula is C15H15FN2O3. The third-order valence-electron chi connectivity index (χ3n) is 2.91. The molecule has 3 N–H and O–H groups in total. The lowest BCUT2D eigenvalue weighted by molar-refractivity contribution is 0.279. The maximum atomic E-state index is 13.5. The molecule has 0 saturated carbocycles. The fourth-order valence-corrected chi connectivity index (χ4v) is 1.77. The van der Waals surface area contributed by atoms with Gasteiger partial charge in [0.05, 0.1) is 7.11 Å². The average Bonchev–Trinajstić information content (AvgIpc) is 2.53. The highest BCUT2D eigenvalue weighted by atomic mass is 19.1. The van der Waals surface area contributed by atoms with Crippen LogP contribution in [-0.2, 0) is 6.61 Å². The summed E-state index contributed by atoms with van der Waals surface area (Å²) in [7, 11) is 1.47. The van der Waals surface area contributed by atoms with Crippen molar-refractivity contribution in [1.29, 1.82) is 0 Å². The van der Waals surface area contributed by atoms with E-state index >= 15 is 0 Å². The van der Waals surface area contributed by atoms with Crippen molar-refractivity contribution in [2.75, 3.05) is 7.11 Å². The van der Waals surface area contributed by atoms with E-state index < -0.39 is 0 Å². The number of hydrogen-bond donors (Lipinski definition) is 2. The summed E-state index contributed by atoms with van der Waals surface area (Å²) in [4.78, 5) is 0. The Hall–Kier alpha value is -2.76. The van der Waals surface area contributed by atoms with Gasteiger partial charge in [0.1, 0.15) is 12.4 Å². The van der Waals surface area contributed by atoms with Crippen LogP contribution in [0.3, 0.4) is 0 Å². The van der Waals surface area contributed by atoms with E-state index in [2.05, 4.69) is 5.16 Å². The molecule has 6 heteroatoms. The lowest BCUT2D eigenvalue weighted by Gasteiger charge is -2.12. The van der Waals surface area contributed by atoms with Crippen molar-refractivity contribution < 1.29 is 19.1 Å². The summed E-state index contributed by atoms with van der Waals surface area (Å²) in [6.07, 6.45) is 0. The summed E-state index contributed by atoms with van der Waals surface area (Å²) in [6.45, 7) is 0.0753. The third-order valence-corrected chi connectivity index (χ3v) is 2.91. The minimum Gasteiger partial charge on any atom is -0.493 e. The molecular weight excluding hydrogens is 275 g/mol. The summed E-state index contributed by atoms with van der Waals surface area (Å²) in [5.41, 5.74) is 6.44. The van der Waals surface area contributed by atoms with Crippen LogP contribution in [-0.4, -0.2) is 18.2 Å². The zero-order valence-corrected chi connectivity index (χ0v) is 11.4. The van der Waals surface area contributed by atoms with E-state index in [9.17, 15) is 4.39 Å². The van der Waals surface area contributed by atoms with Gasteiger partial charge in [-0.25, -0.2) is 4.39 Å². The molecule has 110 valence electrons. The molecule has 0 unspecified atom stereocenters. The van der Waals surface area contributed by atoms with Crippen LogP contribution in [0.2, 0.25) is 0 Å². The van der Waals surface area contributed by atoms with Crippen LogP contribution in [0.15, 0.2) is 47.6 Å². The van der Waals surface area contributed by atoms with E-state index in [-0.39, 0.29) is 18.3 Å². The second kappa shape index (κ2) is 6.60. The molecule has 0 aliphatic heterocycles. The van der Waals surface area contributed by atoms with Crippen molar-refractivity contribution in [2.45, 2.75) is 6.61 Å². The van der Waals surface area contributed by atoms with Gasteiger partial charge in [0.25, 0.3) is 0 Å². The maximum Gasteiger partial charge on any atom is 0.170 e. The number of hydrogen-bond acceptors (Lipinski definition) is 4. The van der Waals surface area contributed by atoms with Gasteiger partial charge in [-0.05, 0) is 24.3 Å². The van der Waals surface area contributed by atoms with Gasteiger partial charge in [-0.15, -0.1) is 0 Å². The number of rotatable bonds is 5. The zero-order valence-electron chi connectivity index (χ0n) is 11.4. The van der Waals surface area contributed by atoms with Crippen LogP contribution in [0, 0.1) is 5.82 Å². The van der Waals surface area contributed by atoms with Gasteiger partial charge in [-0.3, -0.25) is 0 Å². The Balaban J connectivity index is 2.19. The van der Waals surface area contributed by atoms with E-state index in [1.165, 1.54) is 13.2 Å². The van der Waals surface area contributed by atoms with Crippen molar-refractivity contribution in [1.82, 2.24) is 0 Å². The third kappa shape index (κ3) is 3.42. The molecule has 2 aromatic rings. The summed E-state index contributed by atoms with van der Waals surface area (Å²) in [6, 6.07) is 11.2. The fourth-order valence-electron chi connectivity index (χ4n) is 1.77. The molecule has 0 bridgehead atoms. The molecule has 2 aromatic carbocycles. The predicted octanol–water partition coefficient (Wildman–Crippen LogP) is 2.51. The molecule has 21 heavy (non-hydrogen) atoms. The molecule has 0 heterocycles. The highest BCUT2D eigenvalue weighted by Gasteiger charge is 2.09. The first-order valence-electron chi connectivity index (χ1n) is 6.18. The predicted molar refractivity (Wildman–Crippen MR) is 76.2 cm³/mol. The smallest absolute Gasteiger partial charge is 0.170 e. The fraction of sp³-hybridized carbons (Fsp3) is 0.133. The maximum absolute atomic E-state index is 13.5. The Kier molecular flexibility index (Phi) is 4.61. The molecule has 2 rings (SSSR count). The van der Waals surface area contributed by atoms with Crippen LogP contribution in [0.25, 0.3) is 0 Å². The molecule has 0 aliphatic rings. The molecule has 0 radical (unpaired) electrons. The van der Waals surface area contributed by atoms with Crippen molar-refractivity contribution >= 4 is 5.84 Å². The first-order valence-corrected chi connectivity index (χ1v) is 6.18. The van der Waals surface area contributed by atoms with Gasteiger partial charge >= 0.3 is 0 Å². The molecule has 0 spiro atoms. The van der Waals surface area contributed by atoms with Gasteiger partial charge in [0.15, 0.2) is 17.3 Å². The van der Waals surface area contributed by atoms with Gasteiger partial charge in [-0.2, -0.15) is 0 Å². The van der Waals surface area contributed by atoms with Gasteiger partial charge in [-0.1, -0.05) is 23.4 Å². The molecule has 0 amide bonds. The molecule has 5 nitrogen and oxygen atoms in total. The van der Waals surface area contributed by atoms with Crippen molar-refractivity contribution in [3.05, 3.63) is 59.4 Å². The lowest BCUT2D eigenvalue weighted by atomic mass is 10.2. The summed E-state index contributed by atoms with van der Waals surface area (Å²) < 4.78 is 24.3. The normalized spacial score (nSPS) is 11.2. The summed E-state index contributed by atoms with van der Waals surface area (Å²) in [5.74, 6) is 0.490. The largest absolute Gasteiger partial charge is 0.493 e. The molecule has 0 atom stereocenters. The number of ether oxygens (including phenoxy) is 2. The van der Waals surface area contributed by atoms with Crippen LogP contribution < -0.4 is 15.2 Å². The Bertz CT molecular complexity index is 659. The minimum atomic E-state index is -0.329. The van der Waals surface area contributed by atoms with E-state index in [1.54, 1.807) is 36.4 Å². The Morgan fingerprint density at radius 1 is 1.24 bits per heavy atom. The number of oxime groups is 1. The monoisotopic (exact) mass is 290 g/mol. The number of benzene rings is 2. The van der Waals surface area contributed by atoms with Gasteiger partial charge in [0, 0.05) is 11.1 Å². The summed E-state index contributed by atoms with van der Waals surface area (Å²) >= 11 is 0. The average molecular weight is 290 g/mol. The quantitative estimate of drug-likeness (QED) is 0.384. The highest BCUT2D eigenvalue weighted by Crippen LogP contribution is 2.29. The van der Waals surface area contributed by atoms with Crippen LogP contribution in [0.1, 0.15) is 11.1 Å².